The fourth-order valence-electron chi connectivity index (χ4n) is 3.95. The number of halogens is 1. The van der Waals surface area contributed by atoms with Crippen molar-refractivity contribution in [1.29, 1.82) is 0 Å². The van der Waals surface area contributed by atoms with E-state index in [1.807, 2.05) is 29.2 Å². The van der Waals surface area contributed by atoms with Crippen LogP contribution in [0.15, 0.2) is 48.7 Å². The zero-order chi connectivity index (χ0) is 19.8. The maximum absolute atomic E-state index is 13.4. The summed E-state index contributed by atoms with van der Waals surface area (Å²) in [6.07, 6.45) is 6.01. The molecule has 1 aliphatic rings. The molecule has 0 aliphatic carbocycles. The van der Waals surface area contributed by atoms with Crippen LogP contribution in [0.4, 0.5) is 4.39 Å². The van der Waals surface area contributed by atoms with Crippen LogP contribution < -0.4 is 5.32 Å². The Morgan fingerprint density at radius 2 is 2.14 bits per heavy atom. The number of hydrogen-bond donors (Lipinski definition) is 1. The number of nitrogens with zero attached hydrogens (tertiary/aromatic N) is 2. The summed E-state index contributed by atoms with van der Waals surface area (Å²) in [6.45, 7) is 4.57. The molecule has 0 bridgehead atoms. The van der Waals surface area contributed by atoms with E-state index >= 15 is 0 Å². The first kappa shape index (κ1) is 20.5. The van der Waals surface area contributed by atoms with Gasteiger partial charge in [0.1, 0.15) is 5.82 Å². The predicted octanol–water partition coefficient (Wildman–Crippen LogP) is 3.96. The van der Waals surface area contributed by atoms with Crippen LogP contribution in [0.2, 0.25) is 0 Å². The SMILES string of the molecule is CC(CC(=O)N(Cc1ccccn1)C1CCCNCC1)Cc1cccc(F)c1. The molecule has 0 saturated carbocycles. The van der Waals surface area contributed by atoms with Gasteiger partial charge in [-0.05, 0) is 74.5 Å². The summed E-state index contributed by atoms with van der Waals surface area (Å²) in [5.74, 6) is 0.102. The summed E-state index contributed by atoms with van der Waals surface area (Å²) in [7, 11) is 0. The van der Waals surface area contributed by atoms with E-state index in [-0.39, 0.29) is 23.7 Å². The average molecular weight is 384 g/mol. The number of nitrogens with one attached hydrogen (secondary N) is 1. The van der Waals surface area contributed by atoms with E-state index in [0.29, 0.717) is 19.4 Å². The fraction of sp³-hybridized carbons (Fsp3) is 0.478. The lowest BCUT2D eigenvalue weighted by Gasteiger charge is -2.32. The first-order valence-corrected chi connectivity index (χ1v) is 10.3. The number of pyridine rings is 1. The van der Waals surface area contributed by atoms with Crippen molar-refractivity contribution in [3.63, 3.8) is 0 Å². The van der Waals surface area contributed by atoms with Crippen molar-refractivity contribution < 1.29 is 9.18 Å². The number of rotatable bonds is 7. The van der Waals surface area contributed by atoms with E-state index in [1.54, 1.807) is 18.3 Å². The van der Waals surface area contributed by atoms with Crippen LogP contribution in [0.1, 0.15) is 43.9 Å². The Hall–Kier alpha value is -2.27. The van der Waals surface area contributed by atoms with Crippen molar-refractivity contribution in [2.75, 3.05) is 13.1 Å². The molecular formula is C23H30FN3O. The molecule has 1 fully saturated rings. The number of hydrogen-bond acceptors (Lipinski definition) is 3. The minimum Gasteiger partial charge on any atom is -0.334 e. The highest BCUT2D eigenvalue weighted by atomic mass is 19.1. The Labute approximate surface area is 167 Å². The maximum Gasteiger partial charge on any atom is 0.223 e. The van der Waals surface area contributed by atoms with Crippen molar-refractivity contribution in [3.8, 4) is 0 Å². The number of carbonyl (C=O) groups is 1. The molecular weight excluding hydrogens is 353 g/mol. The third-order valence-corrected chi connectivity index (χ3v) is 5.36. The van der Waals surface area contributed by atoms with Gasteiger partial charge in [0, 0.05) is 18.7 Å². The molecule has 4 nitrogen and oxygen atoms in total. The standard InChI is InChI=1S/C23H30FN3O/c1-18(14-19-6-4-7-20(24)16-19)15-23(28)27(17-21-8-2-3-12-26-21)22-9-5-11-25-13-10-22/h2-4,6-8,12,16,18,22,25H,5,9-11,13-15,17H2,1H3. The van der Waals surface area contributed by atoms with Crippen LogP contribution in [0.5, 0.6) is 0 Å². The Balaban J connectivity index is 1.67. The Kier molecular flexibility index (Phi) is 7.54. The van der Waals surface area contributed by atoms with Crippen LogP contribution in [0.3, 0.4) is 0 Å². The molecule has 2 aromatic rings. The Morgan fingerprint density at radius 3 is 2.93 bits per heavy atom. The molecule has 3 rings (SSSR count). The lowest BCUT2D eigenvalue weighted by Crippen LogP contribution is -2.41. The molecule has 1 amide bonds. The summed E-state index contributed by atoms with van der Waals surface area (Å²) in [6, 6.07) is 12.7. The highest BCUT2D eigenvalue weighted by Crippen LogP contribution is 2.21. The lowest BCUT2D eigenvalue weighted by molar-refractivity contribution is -0.135. The molecule has 0 spiro atoms. The third-order valence-electron chi connectivity index (χ3n) is 5.36. The van der Waals surface area contributed by atoms with Crippen LogP contribution >= 0.6 is 0 Å². The zero-order valence-corrected chi connectivity index (χ0v) is 16.6. The summed E-state index contributed by atoms with van der Waals surface area (Å²) < 4.78 is 13.4. The molecule has 2 heterocycles. The molecule has 150 valence electrons. The molecule has 2 atom stereocenters. The van der Waals surface area contributed by atoms with Gasteiger partial charge in [0.2, 0.25) is 5.91 Å². The number of amides is 1. The second-order valence-electron chi connectivity index (χ2n) is 7.82. The topological polar surface area (TPSA) is 45.2 Å². The largest absolute Gasteiger partial charge is 0.334 e. The van der Waals surface area contributed by atoms with Crippen molar-refractivity contribution >= 4 is 5.91 Å². The first-order chi connectivity index (χ1) is 13.6. The lowest BCUT2D eigenvalue weighted by atomic mass is 9.96. The van der Waals surface area contributed by atoms with Gasteiger partial charge in [-0.25, -0.2) is 4.39 Å². The molecule has 1 N–H and O–H groups in total. The van der Waals surface area contributed by atoms with Crippen LogP contribution in [-0.4, -0.2) is 34.9 Å². The molecule has 0 radical (unpaired) electrons. The first-order valence-electron chi connectivity index (χ1n) is 10.3. The van der Waals surface area contributed by atoms with Gasteiger partial charge in [-0.15, -0.1) is 0 Å². The normalized spacial score (nSPS) is 18.3. The van der Waals surface area contributed by atoms with Gasteiger partial charge >= 0.3 is 0 Å². The van der Waals surface area contributed by atoms with Gasteiger partial charge in [0.15, 0.2) is 0 Å². The molecule has 1 aliphatic heterocycles. The summed E-state index contributed by atoms with van der Waals surface area (Å²) >= 11 is 0. The van der Waals surface area contributed by atoms with E-state index in [9.17, 15) is 9.18 Å². The van der Waals surface area contributed by atoms with Crippen molar-refractivity contribution in [3.05, 3.63) is 65.7 Å². The van der Waals surface area contributed by atoms with Crippen LogP contribution in [0, 0.1) is 11.7 Å². The monoisotopic (exact) mass is 383 g/mol. The third kappa shape index (κ3) is 6.13. The smallest absolute Gasteiger partial charge is 0.223 e. The van der Waals surface area contributed by atoms with Gasteiger partial charge in [0.05, 0.1) is 12.2 Å². The maximum atomic E-state index is 13.4. The Morgan fingerprint density at radius 1 is 1.25 bits per heavy atom. The van der Waals surface area contributed by atoms with Gasteiger partial charge in [-0.1, -0.05) is 25.1 Å². The second kappa shape index (κ2) is 10.3. The average Bonchev–Trinajstić information content (AvgIpc) is 2.96. The number of benzene rings is 1. The molecule has 1 saturated heterocycles. The van der Waals surface area contributed by atoms with E-state index in [0.717, 1.165) is 43.6 Å². The molecule has 28 heavy (non-hydrogen) atoms. The van der Waals surface area contributed by atoms with Crippen molar-refractivity contribution in [2.45, 2.75) is 51.6 Å². The van der Waals surface area contributed by atoms with Gasteiger partial charge in [-0.3, -0.25) is 9.78 Å². The second-order valence-corrected chi connectivity index (χ2v) is 7.82. The zero-order valence-electron chi connectivity index (χ0n) is 16.6. The molecule has 5 heteroatoms. The van der Waals surface area contributed by atoms with Gasteiger partial charge in [-0.2, -0.15) is 0 Å². The predicted molar refractivity (Wildman–Crippen MR) is 109 cm³/mol. The summed E-state index contributed by atoms with van der Waals surface area (Å²) in [4.78, 5) is 19.7. The number of carbonyl (C=O) groups excluding carboxylic acids is 1. The van der Waals surface area contributed by atoms with E-state index < -0.39 is 0 Å². The van der Waals surface area contributed by atoms with Crippen LogP contribution in [0.25, 0.3) is 0 Å². The quantitative estimate of drug-likeness (QED) is 0.787. The molecule has 1 aromatic heterocycles. The fourth-order valence-corrected chi connectivity index (χ4v) is 3.95. The van der Waals surface area contributed by atoms with Crippen molar-refractivity contribution in [2.24, 2.45) is 5.92 Å². The van der Waals surface area contributed by atoms with Gasteiger partial charge in [0.25, 0.3) is 0 Å². The highest BCUT2D eigenvalue weighted by Gasteiger charge is 2.26. The van der Waals surface area contributed by atoms with E-state index in [4.69, 9.17) is 0 Å². The molecule has 1 aromatic carbocycles. The minimum atomic E-state index is -0.223. The van der Waals surface area contributed by atoms with E-state index in [2.05, 4.69) is 17.2 Å². The summed E-state index contributed by atoms with van der Waals surface area (Å²) in [5, 5.41) is 3.42. The Bertz CT molecular complexity index is 745. The van der Waals surface area contributed by atoms with Crippen molar-refractivity contribution in [1.82, 2.24) is 15.2 Å². The molecule has 2 unspecified atom stereocenters. The van der Waals surface area contributed by atoms with Crippen LogP contribution in [-0.2, 0) is 17.8 Å². The van der Waals surface area contributed by atoms with E-state index in [1.165, 1.54) is 6.07 Å². The van der Waals surface area contributed by atoms with Gasteiger partial charge < -0.3 is 10.2 Å². The summed E-state index contributed by atoms with van der Waals surface area (Å²) in [5.41, 5.74) is 1.86. The number of aromatic nitrogens is 1. The minimum absolute atomic E-state index is 0.157. The highest BCUT2D eigenvalue weighted by molar-refractivity contribution is 5.76.